The summed E-state index contributed by atoms with van der Waals surface area (Å²) in [5.74, 6) is -0.494. The summed E-state index contributed by atoms with van der Waals surface area (Å²) in [4.78, 5) is 11.4. The zero-order valence-electron chi connectivity index (χ0n) is 10.2. The average molecular weight is 260 g/mol. The zero-order valence-corrected chi connectivity index (χ0v) is 10.2. The fourth-order valence-corrected chi connectivity index (χ4v) is 1.47. The highest BCUT2D eigenvalue weighted by molar-refractivity contribution is 5.92. The molecule has 0 aromatic heterocycles. The van der Waals surface area contributed by atoms with Crippen molar-refractivity contribution in [3.63, 3.8) is 0 Å². The van der Waals surface area contributed by atoms with Gasteiger partial charge in [0.05, 0.1) is 13.1 Å². The lowest BCUT2D eigenvalue weighted by Crippen LogP contribution is -2.35. The monoisotopic (exact) mass is 260 g/mol. The second kappa shape index (κ2) is 5.86. The number of alkyl halides is 3. The molecular weight excluding hydrogens is 245 g/mol. The Bertz CT molecular complexity index is 430. The van der Waals surface area contributed by atoms with E-state index in [0.29, 0.717) is 5.69 Å². The second-order valence-corrected chi connectivity index (χ2v) is 4.09. The van der Waals surface area contributed by atoms with Crippen LogP contribution >= 0.6 is 0 Å². The number of aryl methyl sites for hydroxylation is 2. The number of rotatable bonds is 4. The molecule has 1 rings (SSSR count). The lowest BCUT2D eigenvalue weighted by molar-refractivity contribution is -0.126. The molecule has 0 atom stereocenters. The van der Waals surface area contributed by atoms with Crippen LogP contribution in [0.2, 0.25) is 0 Å². The van der Waals surface area contributed by atoms with Gasteiger partial charge in [0.25, 0.3) is 0 Å². The van der Waals surface area contributed by atoms with Crippen molar-refractivity contribution in [2.75, 3.05) is 18.4 Å². The molecule has 0 unspecified atom stereocenters. The standard InChI is InChI=1S/C12H15F3N2O/c1-8-3-4-10(9(2)5-8)17-11(18)6-16-7-12(13,14)15/h3-5,16H,6-7H2,1-2H3,(H,17,18). The Morgan fingerprint density at radius 2 is 1.94 bits per heavy atom. The molecule has 6 heteroatoms. The summed E-state index contributed by atoms with van der Waals surface area (Å²) in [6.07, 6.45) is -4.31. The summed E-state index contributed by atoms with van der Waals surface area (Å²) in [5.41, 5.74) is 2.54. The Kier molecular flexibility index (Phi) is 4.72. The summed E-state index contributed by atoms with van der Waals surface area (Å²) in [7, 11) is 0. The minimum atomic E-state index is -4.31. The number of hydrogen-bond acceptors (Lipinski definition) is 2. The van der Waals surface area contributed by atoms with E-state index in [0.717, 1.165) is 11.1 Å². The van der Waals surface area contributed by atoms with Gasteiger partial charge in [0.15, 0.2) is 0 Å². The van der Waals surface area contributed by atoms with E-state index in [-0.39, 0.29) is 6.54 Å². The van der Waals surface area contributed by atoms with Crippen LogP contribution in [0, 0.1) is 13.8 Å². The van der Waals surface area contributed by atoms with E-state index in [2.05, 4.69) is 5.32 Å². The van der Waals surface area contributed by atoms with Gasteiger partial charge in [-0.25, -0.2) is 0 Å². The van der Waals surface area contributed by atoms with E-state index in [1.165, 1.54) is 0 Å². The van der Waals surface area contributed by atoms with Gasteiger partial charge in [-0.05, 0) is 25.5 Å². The van der Waals surface area contributed by atoms with Crippen LogP contribution in [0.5, 0.6) is 0 Å². The van der Waals surface area contributed by atoms with Gasteiger partial charge in [0.2, 0.25) is 5.91 Å². The minimum absolute atomic E-state index is 0.368. The van der Waals surface area contributed by atoms with Gasteiger partial charge < -0.3 is 10.6 Å². The zero-order chi connectivity index (χ0) is 13.8. The number of carbonyl (C=O) groups excluding carboxylic acids is 1. The van der Waals surface area contributed by atoms with Gasteiger partial charge in [0, 0.05) is 5.69 Å². The first-order valence-corrected chi connectivity index (χ1v) is 5.42. The SMILES string of the molecule is Cc1ccc(NC(=O)CNCC(F)(F)F)c(C)c1. The maximum absolute atomic E-state index is 11.8. The molecule has 2 N–H and O–H groups in total. The van der Waals surface area contributed by atoms with Crippen molar-refractivity contribution in [3.8, 4) is 0 Å². The highest BCUT2D eigenvalue weighted by Crippen LogP contribution is 2.16. The third-order valence-electron chi connectivity index (χ3n) is 2.27. The molecule has 0 aliphatic carbocycles. The second-order valence-electron chi connectivity index (χ2n) is 4.09. The van der Waals surface area contributed by atoms with E-state index in [4.69, 9.17) is 0 Å². The maximum Gasteiger partial charge on any atom is 0.401 e. The number of carbonyl (C=O) groups is 1. The first-order valence-electron chi connectivity index (χ1n) is 5.42. The molecule has 0 spiro atoms. The molecule has 1 aromatic rings. The van der Waals surface area contributed by atoms with Gasteiger partial charge >= 0.3 is 6.18 Å². The fraction of sp³-hybridized carbons (Fsp3) is 0.417. The predicted octanol–water partition coefficient (Wildman–Crippen LogP) is 2.39. The van der Waals surface area contributed by atoms with Crippen LogP contribution in [-0.4, -0.2) is 25.2 Å². The quantitative estimate of drug-likeness (QED) is 0.872. The number of amides is 1. The van der Waals surface area contributed by atoms with Crippen LogP contribution in [0.25, 0.3) is 0 Å². The number of anilines is 1. The Balaban J connectivity index is 2.45. The minimum Gasteiger partial charge on any atom is -0.325 e. The van der Waals surface area contributed by atoms with Crippen LogP contribution < -0.4 is 10.6 Å². The van der Waals surface area contributed by atoms with Gasteiger partial charge in [-0.15, -0.1) is 0 Å². The van der Waals surface area contributed by atoms with Crippen molar-refractivity contribution < 1.29 is 18.0 Å². The van der Waals surface area contributed by atoms with Crippen LogP contribution in [0.3, 0.4) is 0 Å². The molecule has 0 aliphatic rings. The maximum atomic E-state index is 11.8. The number of benzene rings is 1. The summed E-state index contributed by atoms with van der Waals surface area (Å²) < 4.78 is 35.5. The summed E-state index contributed by atoms with van der Waals surface area (Å²) in [5, 5.41) is 4.59. The first-order chi connectivity index (χ1) is 8.28. The Hall–Kier alpha value is -1.56. The van der Waals surface area contributed by atoms with Crippen molar-refractivity contribution in [1.29, 1.82) is 0 Å². The smallest absolute Gasteiger partial charge is 0.325 e. The topological polar surface area (TPSA) is 41.1 Å². The molecule has 0 bridgehead atoms. The van der Waals surface area contributed by atoms with Gasteiger partial charge in [-0.3, -0.25) is 4.79 Å². The molecule has 0 saturated carbocycles. The Morgan fingerprint density at radius 1 is 1.28 bits per heavy atom. The third kappa shape index (κ3) is 5.18. The van der Waals surface area contributed by atoms with E-state index in [1.807, 2.05) is 31.3 Å². The van der Waals surface area contributed by atoms with Crippen LogP contribution in [0.1, 0.15) is 11.1 Å². The predicted molar refractivity (Wildman–Crippen MR) is 63.5 cm³/mol. The van der Waals surface area contributed by atoms with E-state index < -0.39 is 18.6 Å². The largest absolute Gasteiger partial charge is 0.401 e. The molecule has 3 nitrogen and oxygen atoms in total. The molecular formula is C12H15F3N2O. The van der Waals surface area contributed by atoms with E-state index in [9.17, 15) is 18.0 Å². The molecule has 18 heavy (non-hydrogen) atoms. The molecule has 0 saturated heterocycles. The summed E-state index contributed by atoms with van der Waals surface area (Å²) >= 11 is 0. The highest BCUT2D eigenvalue weighted by Gasteiger charge is 2.26. The van der Waals surface area contributed by atoms with Crippen molar-refractivity contribution >= 4 is 11.6 Å². The first kappa shape index (κ1) is 14.5. The molecule has 1 amide bonds. The molecule has 0 fully saturated rings. The normalized spacial score (nSPS) is 11.4. The fourth-order valence-electron chi connectivity index (χ4n) is 1.47. The van der Waals surface area contributed by atoms with Gasteiger partial charge in [0.1, 0.15) is 0 Å². The summed E-state index contributed by atoms with van der Waals surface area (Å²) in [6, 6.07) is 5.44. The summed E-state index contributed by atoms with van der Waals surface area (Å²) in [6.45, 7) is 2.20. The Labute approximate surface area is 103 Å². The highest BCUT2D eigenvalue weighted by atomic mass is 19.4. The number of hydrogen-bond donors (Lipinski definition) is 2. The number of halogens is 3. The lowest BCUT2D eigenvalue weighted by Gasteiger charge is -2.10. The molecule has 0 aliphatic heterocycles. The van der Waals surface area contributed by atoms with Crippen molar-refractivity contribution in [3.05, 3.63) is 29.3 Å². The van der Waals surface area contributed by atoms with E-state index >= 15 is 0 Å². The molecule has 1 aromatic carbocycles. The van der Waals surface area contributed by atoms with Crippen molar-refractivity contribution in [1.82, 2.24) is 5.32 Å². The van der Waals surface area contributed by atoms with Crippen LogP contribution in [0.15, 0.2) is 18.2 Å². The van der Waals surface area contributed by atoms with E-state index in [1.54, 1.807) is 6.07 Å². The van der Waals surface area contributed by atoms with Crippen molar-refractivity contribution in [2.45, 2.75) is 20.0 Å². The van der Waals surface area contributed by atoms with Crippen LogP contribution in [0.4, 0.5) is 18.9 Å². The number of nitrogens with one attached hydrogen (secondary N) is 2. The van der Waals surface area contributed by atoms with Crippen molar-refractivity contribution in [2.24, 2.45) is 0 Å². The van der Waals surface area contributed by atoms with Gasteiger partial charge in [-0.2, -0.15) is 13.2 Å². The van der Waals surface area contributed by atoms with Crippen LogP contribution in [-0.2, 0) is 4.79 Å². The third-order valence-corrected chi connectivity index (χ3v) is 2.27. The molecule has 0 heterocycles. The molecule has 100 valence electrons. The lowest BCUT2D eigenvalue weighted by atomic mass is 10.1. The molecule has 0 radical (unpaired) electrons. The average Bonchev–Trinajstić information content (AvgIpc) is 2.20. The Morgan fingerprint density at radius 3 is 2.50 bits per heavy atom. The van der Waals surface area contributed by atoms with Gasteiger partial charge in [-0.1, -0.05) is 17.7 Å².